The van der Waals surface area contributed by atoms with E-state index in [0.29, 0.717) is 6.54 Å². The highest BCUT2D eigenvalue weighted by Gasteiger charge is 2.18. The number of carbonyl (C=O) groups excluding carboxylic acids is 1. The topological polar surface area (TPSA) is 50.2 Å². The van der Waals surface area contributed by atoms with Crippen LogP contribution < -0.4 is 5.32 Å². The molecule has 0 saturated carbocycles. The molecule has 0 aliphatic rings. The summed E-state index contributed by atoms with van der Waals surface area (Å²) in [5, 5.41) is 7.43. The van der Waals surface area contributed by atoms with Crippen LogP contribution in [0.1, 0.15) is 42.4 Å². The molecule has 5 heteroatoms. The number of carbonyl (C=O) groups is 1. The van der Waals surface area contributed by atoms with E-state index in [4.69, 9.17) is 0 Å². The van der Waals surface area contributed by atoms with Crippen molar-refractivity contribution < 1.29 is 4.79 Å². The van der Waals surface area contributed by atoms with Gasteiger partial charge >= 0.3 is 0 Å². The Morgan fingerprint density at radius 3 is 2.42 bits per heavy atom. The molecule has 26 heavy (non-hydrogen) atoms. The molecule has 0 aliphatic heterocycles. The van der Waals surface area contributed by atoms with Crippen LogP contribution in [0, 0.1) is 13.8 Å². The van der Waals surface area contributed by atoms with Gasteiger partial charge in [-0.15, -0.1) is 0 Å². The molecule has 0 saturated heterocycles. The molecular weight excluding hydrogens is 324 g/mol. The van der Waals surface area contributed by atoms with E-state index in [1.165, 1.54) is 5.56 Å². The van der Waals surface area contributed by atoms with Crippen LogP contribution in [0.25, 0.3) is 6.08 Å². The molecule has 2 rings (SSSR count). The van der Waals surface area contributed by atoms with Crippen molar-refractivity contribution in [2.24, 2.45) is 7.05 Å². The number of hydrogen-bond acceptors (Lipinski definition) is 3. The second-order valence-corrected chi connectivity index (χ2v) is 6.43. The average Bonchev–Trinajstić information content (AvgIpc) is 2.89. The molecule has 0 aliphatic carbocycles. The predicted molar refractivity (Wildman–Crippen MR) is 107 cm³/mol. The lowest BCUT2D eigenvalue weighted by Gasteiger charge is -2.30. The van der Waals surface area contributed by atoms with Gasteiger partial charge in [0, 0.05) is 30.9 Å². The first-order valence-electron chi connectivity index (χ1n) is 9.23. The fourth-order valence-electron chi connectivity index (χ4n) is 3.24. The molecule has 0 spiro atoms. The van der Waals surface area contributed by atoms with E-state index in [2.05, 4.69) is 41.3 Å². The molecule has 1 atom stereocenters. The Balaban J connectivity index is 2.06. The molecule has 5 nitrogen and oxygen atoms in total. The average molecular weight is 354 g/mol. The van der Waals surface area contributed by atoms with Crippen molar-refractivity contribution in [2.75, 3.05) is 19.6 Å². The summed E-state index contributed by atoms with van der Waals surface area (Å²) in [6, 6.07) is 10.5. The lowest BCUT2D eigenvalue weighted by Crippen LogP contribution is -2.37. The summed E-state index contributed by atoms with van der Waals surface area (Å²) < 4.78 is 1.83. The normalized spacial score (nSPS) is 12.7. The predicted octanol–water partition coefficient (Wildman–Crippen LogP) is 3.25. The third-order valence-corrected chi connectivity index (χ3v) is 4.87. The zero-order valence-electron chi connectivity index (χ0n) is 16.5. The smallest absolute Gasteiger partial charge is 0.244 e. The fourth-order valence-corrected chi connectivity index (χ4v) is 3.24. The Labute approximate surface area is 156 Å². The van der Waals surface area contributed by atoms with Crippen LogP contribution in [0.15, 0.2) is 36.4 Å². The van der Waals surface area contributed by atoms with E-state index in [0.717, 1.165) is 30.0 Å². The number of rotatable bonds is 8. The largest absolute Gasteiger partial charge is 0.351 e. The summed E-state index contributed by atoms with van der Waals surface area (Å²) in [4.78, 5) is 14.7. The first-order chi connectivity index (χ1) is 12.5. The van der Waals surface area contributed by atoms with Crippen molar-refractivity contribution >= 4 is 12.0 Å². The van der Waals surface area contributed by atoms with Crippen LogP contribution in [-0.2, 0) is 11.8 Å². The lowest BCUT2D eigenvalue weighted by atomic mass is 10.1. The van der Waals surface area contributed by atoms with Gasteiger partial charge in [0.15, 0.2) is 0 Å². The Morgan fingerprint density at radius 1 is 1.23 bits per heavy atom. The summed E-state index contributed by atoms with van der Waals surface area (Å²) >= 11 is 0. The van der Waals surface area contributed by atoms with Gasteiger partial charge < -0.3 is 5.32 Å². The van der Waals surface area contributed by atoms with E-state index in [-0.39, 0.29) is 11.9 Å². The molecule has 1 N–H and O–H groups in total. The van der Waals surface area contributed by atoms with Crippen LogP contribution >= 0.6 is 0 Å². The van der Waals surface area contributed by atoms with Crippen LogP contribution in [0.5, 0.6) is 0 Å². The van der Waals surface area contributed by atoms with Crippen LogP contribution in [0.2, 0.25) is 0 Å². The molecule has 1 amide bonds. The van der Waals surface area contributed by atoms with Crippen molar-refractivity contribution in [3.63, 3.8) is 0 Å². The number of hydrogen-bond donors (Lipinski definition) is 1. The van der Waals surface area contributed by atoms with Crippen LogP contribution in [0.4, 0.5) is 0 Å². The minimum absolute atomic E-state index is 0.0826. The quantitative estimate of drug-likeness (QED) is 0.741. The minimum atomic E-state index is -0.0826. The number of benzene rings is 1. The second kappa shape index (κ2) is 9.34. The van der Waals surface area contributed by atoms with E-state index >= 15 is 0 Å². The Bertz CT molecular complexity index is 745. The maximum absolute atomic E-state index is 12.3. The van der Waals surface area contributed by atoms with Gasteiger partial charge in [-0.25, -0.2) is 0 Å². The number of aryl methyl sites for hydroxylation is 2. The number of amides is 1. The lowest BCUT2D eigenvalue weighted by molar-refractivity contribution is -0.116. The highest BCUT2D eigenvalue weighted by molar-refractivity contribution is 5.92. The zero-order chi connectivity index (χ0) is 19.1. The first-order valence-corrected chi connectivity index (χ1v) is 9.23. The van der Waals surface area contributed by atoms with Gasteiger partial charge in [-0.3, -0.25) is 14.4 Å². The Morgan fingerprint density at radius 2 is 1.88 bits per heavy atom. The first kappa shape index (κ1) is 19.9. The van der Waals surface area contributed by atoms with Crippen LogP contribution in [0.3, 0.4) is 0 Å². The second-order valence-electron chi connectivity index (χ2n) is 6.43. The highest BCUT2D eigenvalue weighted by Crippen LogP contribution is 2.19. The maximum Gasteiger partial charge on any atom is 0.244 e. The highest BCUT2D eigenvalue weighted by atomic mass is 16.1. The molecule has 1 unspecified atom stereocenters. The summed E-state index contributed by atoms with van der Waals surface area (Å²) in [5.74, 6) is -0.0826. The summed E-state index contributed by atoms with van der Waals surface area (Å²) in [5.41, 5.74) is 4.21. The minimum Gasteiger partial charge on any atom is -0.351 e. The van der Waals surface area contributed by atoms with Gasteiger partial charge in [0.2, 0.25) is 5.91 Å². The molecule has 1 aromatic heterocycles. The molecule has 2 aromatic rings. The van der Waals surface area contributed by atoms with E-state index < -0.39 is 0 Å². The summed E-state index contributed by atoms with van der Waals surface area (Å²) in [6.07, 6.45) is 3.45. The monoisotopic (exact) mass is 354 g/mol. The van der Waals surface area contributed by atoms with Crippen molar-refractivity contribution in [3.05, 3.63) is 58.9 Å². The third-order valence-electron chi connectivity index (χ3n) is 4.87. The molecule has 0 radical (unpaired) electrons. The summed E-state index contributed by atoms with van der Waals surface area (Å²) in [7, 11) is 1.91. The van der Waals surface area contributed by atoms with Crippen LogP contribution in [-0.4, -0.2) is 40.2 Å². The van der Waals surface area contributed by atoms with E-state index in [1.54, 1.807) is 6.08 Å². The van der Waals surface area contributed by atoms with Gasteiger partial charge in [0.05, 0.1) is 11.7 Å². The van der Waals surface area contributed by atoms with Gasteiger partial charge in [-0.2, -0.15) is 5.10 Å². The van der Waals surface area contributed by atoms with Crippen molar-refractivity contribution in [1.29, 1.82) is 0 Å². The van der Waals surface area contributed by atoms with Crippen molar-refractivity contribution in [2.45, 2.75) is 33.7 Å². The van der Waals surface area contributed by atoms with Crippen molar-refractivity contribution in [3.8, 4) is 0 Å². The zero-order valence-corrected chi connectivity index (χ0v) is 16.5. The molecule has 1 heterocycles. The van der Waals surface area contributed by atoms with Gasteiger partial charge in [0.25, 0.3) is 0 Å². The van der Waals surface area contributed by atoms with Gasteiger partial charge in [-0.1, -0.05) is 44.2 Å². The van der Waals surface area contributed by atoms with E-state index in [1.807, 2.05) is 49.9 Å². The number of nitrogens with one attached hydrogen (secondary N) is 1. The Kier molecular flexibility index (Phi) is 7.16. The number of nitrogens with zero attached hydrogens (tertiary/aromatic N) is 3. The van der Waals surface area contributed by atoms with Gasteiger partial charge in [-0.05, 0) is 38.6 Å². The summed E-state index contributed by atoms with van der Waals surface area (Å²) in [6.45, 7) is 10.7. The molecule has 140 valence electrons. The number of aromatic nitrogens is 2. The Hall–Kier alpha value is -2.40. The number of likely N-dealkylation sites (N-methyl/N-ethyl adjacent to an activating group) is 1. The SMILES string of the molecule is CCN(CC)C(CNC(=O)/C=C/c1c(C)nn(C)c1C)c1ccccc1. The molecule has 0 bridgehead atoms. The molecular formula is C21H30N4O. The standard InChI is InChI=1S/C21H30N4O/c1-6-25(7-2)20(18-11-9-8-10-12-18)15-22-21(26)14-13-19-16(3)23-24(5)17(19)4/h8-14,20H,6-7,15H2,1-5H3,(H,22,26)/b14-13+. The third kappa shape index (κ3) is 4.82. The van der Waals surface area contributed by atoms with Gasteiger partial charge in [0.1, 0.15) is 0 Å². The van der Waals surface area contributed by atoms with E-state index in [9.17, 15) is 4.79 Å². The molecule has 1 aromatic carbocycles. The maximum atomic E-state index is 12.3. The van der Waals surface area contributed by atoms with Crippen molar-refractivity contribution in [1.82, 2.24) is 20.0 Å². The molecule has 0 fully saturated rings. The fraction of sp³-hybridized carbons (Fsp3) is 0.429.